The highest BCUT2D eigenvalue weighted by molar-refractivity contribution is 8.76. The van der Waals surface area contributed by atoms with Crippen LogP contribution in [0.15, 0.2) is 58.3 Å². The number of hydrogen-bond acceptors (Lipinski definition) is 8. The second kappa shape index (κ2) is 20.8. The van der Waals surface area contributed by atoms with Gasteiger partial charge in [-0.25, -0.2) is 0 Å². The first-order chi connectivity index (χ1) is 19.0. The lowest BCUT2D eigenvalue weighted by Crippen LogP contribution is -2.28. The Hall–Kier alpha value is -2.00. The van der Waals surface area contributed by atoms with E-state index in [1.807, 2.05) is 0 Å². The molecule has 0 spiro atoms. The number of aliphatic hydroxyl groups excluding tert-OH is 1. The predicted octanol–water partition coefficient (Wildman–Crippen LogP) is 6.86. The Balaban J connectivity index is 1.45. The lowest BCUT2D eigenvalue weighted by atomic mass is 10.1. The van der Waals surface area contributed by atoms with Gasteiger partial charge < -0.3 is 19.5 Å². The van der Waals surface area contributed by atoms with Gasteiger partial charge in [-0.2, -0.15) is 0 Å². The maximum Gasteiger partial charge on any atom is 0.307 e. The molecule has 2 aromatic carbocycles. The first kappa shape index (κ1) is 33.2. The van der Waals surface area contributed by atoms with E-state index in [-0.39, 0.29) is 18.5 Å². The average Bonchev–Trinajstić information content (AvgIpc) is 2.94. The largest absolute Gasteiger partial charge is 0.466 e. The lowest BCUT2D eigenvalue weighted by Gasteiger charge is -2.19. The topological polar surface area (TPSA) is 76.1 Å². The summed E-state index contributed by atoms with van der Waals surface area (Å²) in [7, 11) is 3.51. The highest BCUT2D eigenvalue weighted by Crippen LogP contribution is 2.37. The van der Waals surface area contributed by atoms with Gasteiger partial charge in [0.2, 0.25) is 0 Å². The summed E-state index contributed by atoms with van der Waals surface area (Å²) >= 11 is 0. The first-order valence-electron chi connectivity index (χ1n) is 14.1. The number of esters is 2. The molecule has 0 aliphatic carbocycles. The second-order valence-electron chi connectivity index (χ2n) is 9.59. The second-order valence-corrected chi connectivity index (χ2v) is 11.9. The number of ether oxygens (including phenoxy) is 2. The summed E-state index contributed by atoms with van der Waals surface area (Å²) in [5, 5.41) is 8.88. The van der Waals surface area contributed by atoms with E-state index in [0.29, 0.717) is 32.6 Å². The van der Waals surface area contributed by atoms with Crippen LogP contribution in [0, 0.1) is 6.92 Å². The number of rotatable bonds is 21. The Morgan fingerprint density at radius 1 is 0.744 bits per heavy atom. The molecule has 216 valence electrons. The molecule has 2 aromatic rings. The van der Waals surface area contributed by atoms with E-state index < -0.39 is 0 Å². The lowest BCUT2D eigenvalue weighted by molar-refractivity contribution is -0.144. The van der Waals surface area contributed by atoms with Crippen molar-refractivity contribution in [1.29, 1.82) is 0 Å². The minimum Gasteiger partial charge on any atom is -0.466 e. The van der Waals surface area contributed by atoms with E-state index in [1.54, 1.807) is 21.6 Å². The van der Waals surface area contributed by atoms with Gasteiger partial charge >= 0.3 is 11.9 Å². The van der Waals surface area contributed by atoms with E-state index in [2.05, 4.69) is 67.3 Å². The number of hydrogen-bond donors (Lipinski definition) is 1. The van der Waals surface area contributed by atoms with Gasteiger partial charge in [-0.3, -0.25) is 9.59 Å². The fourth-order valence-electron chi connectivity index (χ4n) is 3.86. The van der Waals surface area contributed by atoms with Gasteiger partial charge in [-0.05, 0) is 94.8 Å². The maximum absolute atomic E-state index is 12.0. The zero-order valence-corrected chi connectivity index (χ0v) is 25.2. The van der Waals surface area contributed by atoms with Crippen molar-refractivity contribution in [3.63, 3.8) is 0 Å². The number of carbonyl (C=O) groups is 2. The van der Waals surface area contributed by atoms with Crippen LogP contribution in [0.3, 0.4) is 0 Å². The standard InChI is InChI=1S/C31H45NO5S2/c1-3-32(21-5-6-23-33)22-20-31(35)37-25-8-4-7-24-36-30(34)11-9-10-27-14-18-29(19-15-27)39-38-28-16-12-26(2)13-17-28/h12-19,33H,3-11,20-25H2,1-2H3. The predicted molar refractivity (Wildman–Crippen MR) is 161 cm³/mol. The van der Waals surface area contributed by atoms with E-state index >= 15 is 0 Å². The van der Waals surface area contributed by atoms with Gasteiger partial charge in [0.1, 0.15) is 0 Å². The molecule has 1 N–H and O–H groups in total. The van der Waals surface area contributed by atoms with Crippen molar-refractivity contribution in [2.45, 2.75) is 81.4 Å². The molecule has 0 aromatic heterocycles. The van der Waals surface area contributed by atoms with Crippen molar-refractivity contribution in [2.75, 3.05) is 39.5 Å². The summed E-state index contributed by atoms with van der Waals surface area (Å²) in [6, 6.07) is 17.1. The summed E-state index contributed by atoms with van der Waals surface area (Å²) in [6.07, 6.45) is 6.58. The van der Waals surface area contributed by atoms with Gasteiger partial charge in [-0.15, -0.1) is 0 Å². The molecule has 0 radical (unpaired) electrons. The molecule has 0 saturated heterocycles. The molecule has 0 aliphatic heterocycles. The molecule has 0 unspecified atom stereocenters. The van der Waals surface area contributed by atoms with Crippen molar-refractivity contribution in [2.24, 2.45) is 0 Å². The van der Waals surface area contributed by atoms with Gasteiger partial charge in [0, 0.05) is 29.4 Å². The van der Waals surface area contributed by atoms with E-state index in [0.717, 1.165) is 58.0 Å². The molecule has 0 saturated carbocycles. The zero-order valence-electron chi connectivity index (χ0n) is 23.6. The van der Waals surface area contributed by atoms with Gasteiger partial charge in [0.05, 0.1) is 19.6 Å². The van der Waals surface area contributed by atoms with Crippen molar-refractivity contribution in [3.8, 4) is 0 Å². The molecular weight excluding hydrogens is 530 g/mol. The maximum atomic E-state index is 12.0. The Labute approximate surface area is 242 Å². The fourth-order valence-corrected chi connectivity index (χ4v) is 5.79. The van der Waals surface area contributed by atoms with Crippen LogP contribution in [0.5, 0.6) is 0 Å². The quantitative estimate of drug-likeness (QED) is 0.0983. The summed E-state index contributed by atoms with van der Waals surface area (Å²) in [5.74, 6) is -0.320. The molecule has 2 rings (SSSR count). The van der Waals surface area contributed by atoms with Crippen molar-refractivity contribution < 1.29 is 24.2 Å². The van der Waals surface area contributed by atoms with Gasteiger partial charge in [-0.1, -0.05) is 58.3 Å². The van der Waals surface area contributed by atoms with Crippen LogP contribution >= 0.6 is 21.6 Å². The number of aryl methyl sites for hydroxylation is 2. The van der Waals surface area contributed by atoms with Crippen LogP contribution in [0.4, 0.5) is 0 Å². The molecule has 0 heterocycles. The monoisotopic (exact) mass is 575 g/mol. The molecule has 6 nitrogen and oxygen atoms in total. The van der Waals surface area contributed by atoms with Crippen LogP contribution in [-0.2, 0) is 25.5 Å². The number of unbranched alkanes of at least 4 members (excludes halogenated alkanes) is 3. The molecule has 0 atom stereocenters. The first-order valence-corrected chi connectivity index (χ1v) is 16.3. The van der Waals surface area contributed by atoms with Crippen LogP contribution in [-0.4, -0.2) is 61.4 Å². The smallest absolute Gasteiger partial charge is 0.307 e. The zero-order chi connectivity index (χ0) is 28.1. The Kier molecular flexibility index (Phi) is 17.7. The third-order valence-corrected chi connectivity index (χ3v) is 8.72. The summed E-state index contributed by atoms with van der Waals surface area (Å²) in [4.78, 5) is 28.6. The highest BCUT2D eigenvalue weighted by Gasteiger charge is 2.08. The van der Waals surface area contributed by atoms with Gasteiger partial charge in [0.25, 0.3) is 0 Å². The van der Waals surface area contributed by atoms with Crippen molar-refractivity contribution >= 4 is 33.5 Å². The van der Waals surface area contributed by atoms with Crippen molar-refractivity contribution in [3.05, 3.63) is 59.7 Å². The SMILES string of the molecule is CCN(CCCCO)CCC(=O)OCCCCCOC(=O)CCCc1ccc(SSc2ccc(C)cc2)cc1. The molecular formula is C31H45NO5S2. The molecule has 0 amide bonds. The average molecular weight is 576 g/mol. The molecule has 0 aliphatic rings. The normalized spacial score (nSPS) is 11.1. The van der Waals surface area contributed by atoms with Crippen LogP contribution in [0.1, 0.15) is 69.4 Å². The molecule has 39 heavy (non-hydrogen) atoms. The van der Waals surface area contributed by atoms with Crippen molar-refractivity contribution in [1.82, 2.24) is 4.90 Å². The molecule has 0 bridgehead atoms. The summed E-state index contributed by atoms with van der Waals surface area (Å²) < 4.78 is 10.7. The highest BCUT2D eigenvalue weighted by atomic mass is 33.1. The Morgan fingerprint density at radius 2 is 1.33 bits per heavy atom. The van der Waals surface area contributed by atoms with Crippen LogP contribution < -0.4 is 0 Å². The number of benzene rings is 2. The summed E-state index contributed by atoms with van der Waals surface area (Å²) in [6.45, 7) is 7.67. The van der Waals surface area contributed by atoms with E-state index in [9.17, 15) is 9.59 Å². The minimum absolute atomic E-state index is 0.150. The fraction of sp³-hybridized carbons (Fsp3) is 0.548. The van der Waals surface area contributed by atoms with Gasteiger partial charge in [0.15, 0.2) is 0 Å². The molecule has 0 fully saturated rings. The number of carbonyl (C=O) groups excluding carboxylic acids is 2. The number of nitrogens with zero attached hydrogens (tertiary/aromatic N) is 1. The van der Waals surface area contributed by atoms with E-state index in [4.69, 9.17) is 14.6 Å². The number of aliphatic hydroxyl groups is 1. The van der Waals surface area contributed by atoms with Crippen LogP contribution in [0.25, 0.3) is 0 Å². The third-order valence-electron chi connectivity index (χ3n) is 6.30. The minimum atomic E-state index is -0.170. The Morgan fingerprint density at radius 3 is 1.92 bits per heavy atom. The third kappa shape index (κ3) is 16.0. The molecule has 8 heteroatoms. The Bertz CT molecular complexity index is 937. The van der Waals surface area contributed by atoms with E-state index in [1.165, 1.54) is 20.9 Å². The summed E-state index contributed by atoms with van der Waals surface area (Å²) in [5.41, 5.74) is 2.50. The van der Waals surface area contributed by atoms with Crippen LogP contribution in [0.2, 0.25) is 0 Å².